The highest BCUT2D eigenvalue weighted by Crippen LogP contribution is 2.33. The number of benzene rings is 1. The summed E-state index contributed by atoms with van der Waals surface area (Å²) >= 11 is 3.20. The molecule has 1 rings (SSSR count). The average molecular weight is 312 g/mol. The Morgan fingerprint density at radius 2 is 2.06 bits per heavy atom. The van der Waals surface area contributed by atoms with E-state index in [9.17, 15) is 13.2 Å². The lowest BCUT2D eigenvalue weighted by molar-refractivity contribution is -0.275. The molecular formula is C11H13BrF3NO. The highest BCUT2D eigenvalue weighted by Gasteiger charge is 2.32. The van der Waals surface area contributed by atoms with Crippen molar-refractivity contribution < 1.29 is 17.9 Å². The summed E-state index contributed by atoms with van der Waals surface area (Å²) in [7, 11) is 0. The highest BCUT2D eigenvalue weighted by molar-refractivity contribution is 9.10. The van der Waals surface area contributed by atoms with E-state index in [0.717, 1.165) is 6.42 Å². The second-order valence-electron chi connectivity index (χ2n) is 3.63. The van der Waals surface area contributed by atoms with Crippen LogP contribution in [-0.2, 0) is 0 Å². The summed E-state index contributed by atoms with van der Waals surface area (Å²) in [6.07, 6.45) is -3.31. The van der Waals surface area contributed by atoms with Crippen molar-refractivity contribution in [1.29, 1.82) is 0 Å². The fraction of sp³-hybridized carbons (Fsp3) is 0.455. The second-order valence-corrected chi connectivity index (χ2v) is 4.54. The number of halogens is 4. The number of alkyl halides is 3. The maximum atomic E-state index is 12.2. The van der Waals surface area contributed by atoms with Gasteiger partial charge in [0.1, 0.15) is 5.75 Å². The Labute approximate surface area is 106 Å². The van der Waals surface area contributed by atoms with E-state index < -0.39 is 12.4 Å². The van der Waals surface area contributed by atoms with E-state index >= 15 is 0 Å². The maximum Gasteiger partial charge on any atom is 0.573 e. The van der Waals surface area contributed by atoms with Crippen LogP contribution in [0.2, 0.25) is 0 Å². The molecule has 0 saturated heterocycles. The summed E-state index contributed by atoms with van der Waals surface area (Å²) in [6.45, 7) is 1.92. The van der Waals surface area contributed by atoms with E-state index in [-0.39, 0.29) is 5.75 Å². The lowest BCUT2D eigenvalue weighted by Gasteiger charge is -2.17. The van der Waals surface area contributed by atoms with Gasteiger partial charge in [-0.25, -0.2) is 0 Å². The zero-order valence-corrected chi connectivity index (χ0v) is 10.8. The van der Waals surface area contributed by atoms with Crippen LogP contribution in [-0.4, -0.2) is 6.36 Å². The number of nitrogens with two attached hydrogens (primary N) is 1. The van der Waals surface area contributed by atoms with E-state index in [1.807, 2.05) is 6.92 Å². The first-order chi connectivity index (χ1) is 7.83. The average Bonchev–Trinajstić information content (AvgIpc) is 2.19. The van der Waals surface area contributed by atoms with Crippen molar-refractivity contribution in [3.8, 4) is 5.75 Å². The molecule has 0 aliphatic rings. The second kappa shape index (κ2) is 5.73. The number of hydrogen-bond donors (Lipinski definition) is 1. The molecule has 1 aromatic carbocycles. The van der Waals surface area contributed by atoms with Gasteiger partial charge in [0.2, 0.25) is 0 Å². The van der Waals surface area contributed by atoms with Gasteiger partial charge in [-0.2, -0.15) is 0 Å². The standard InChI is InChI=1S/C11H13BrF3NO/c1-2-3-9(16)8-6-7(12)4-5-10(8)17-11(13,14)15/h4-6,9H,2-3,16H2,1H3/t9-/m1/s1. The van der Waals surface area contributed by atoms with Gasteiger partial charge in [0.25, 0.3) is 0 Å². The SMILES string of the molecule is CCC[C@@H](N)c1cc(Br)ccc1OC(F)(F)F. The van der Waals surface area contributed by atoms with Crippen molar-refractivity contribution in [2.75, 3.05) is 0 Å². The largest absolute Gasteiger partial charge is 0.573 e. The molecule has 1 aromatic rings. The van der Waals surface area contributed by atoms with Crippen LogP contribution in [0.15, 0.2) is 22.7 Å². The zero-order valence-electron chi connectivity index (χ0n) is 9.22. The first kappa shape index (κ1) is 14.3. The fourth-order valence-corrected chi connectivity index (χ4v) is 1.87. The predicted octanol–water partition coefficient (Wildman–Crippen LogP) is 4.15. The zero-order chi connectivity index (χ0) is 13.1. The molecule has 0 bridgehead atoms. The van der Waals surface area contributed by atoms with Crippen LogP contribution >= 0.6 is 15.9 Å². The Hall–Kier alpha value is -0.750. The van der Waals surface area contributed by atoms with Crippen LogP contribution in [0, 0.1) is 0 Å². The Bertz CT molecular complexity index is 381. The van der Waals surface area contributed by atoms with Crippen LogP contribution in [0.4, 0.5) is 13.2 Å². The summed E-state index contributed by atoms with van der Waals surface area (Å²) in [4.78, 5) is 0. The lowest BCUT2D eigenvalue weighted by atomic mass is 10.0. The van der Waals surface area contributed by atoms with Gasteiger partial charge < -0.3 is 10.5 Å². The third-order valence-corrected chi connectivity index (χ3v) is 2.69. The van der Waals surface area contributed by atoms with Crippen LogP contribution in [0.25, 0.3) is 0 Å². The molecule has 0 aliphatic carbocycles. The topological polar surface area (TPSA) is 35.2 Å². The molecule has 1 atom stereocenters. The van der Waals surface area contributed by atoms with Crippen LogP contribution in [0.3, 0.4) is 0 Å². The van der Waals surface area contributed by atoms with Crippen molar-refractivity contribution in [2.45, 2.75) is 32.2 Å². The van der Waals surface area contributed by atoms with E-state index in [1.165, 1.54) is 12.1 Å². The monoisotopic (exact) mass is 311 g/mol. The van der Waals surface area contributed by atoms with Gasteiger partial charge in [0, 0.05) is 16.1 Å². The van der Waals surface area contributed by atoms with Crippen LogP contribution in [0.1, 0.15) is 31.4 Å². The predicted molar refractivity (Wildman–Crippen MR) is 62.7 cm³/mol. The maximum absolute atomic E-state index is 12.2. The summed E-state index contributed by atoms with van der Waals surface area (Å²) < 4.78 is 41.2. The Morgan fingerprint density at radius 3 is 2.59 bits per heavy atom. The third-order valence-electron chi connectivity index (χ3n) is 2.20. The van der Waals surface area contributed by atoms with Gasteiger partial charge in [0.05, 0.1) is 0 Å². The third kappa shape index (κ3) is 4.55. The molecule has 0 heterocycles. The van der Waals surface area contributed by atoms with Crippen molar-refractivity contribution in [3.05, 3.63) is 28.2 Å². The van der Waals surface area contributed by atoms with Crippen molar-refractivity contribution in [3.63, 3.8) is 0 Å². The molecule has 2 N–H and O–H groups in total. The molecule has 0 amide bonds. The van der Waals surface area contributed by atoms with E-state index in [1.54, 1.807) is 6.07 Å². The fourth-order valence-electron chi connectivity index (χ4n) is 1.49. The number of rotatable bonds is 4. The quantitative estimate of drug-likeness (QED) is 0.906. The Morgan fingerprint density at radius 1 is 1.41 bits per heavy atom. The minimum atomic E-state index is -4.70. The first-order valence-electron chi connectivity index (χ1n) is 5.14. The lowest BCUT2D eigenvalue weighted by Crippen LogP contribution is -2.20. The summed E-state index contributed by atoms with van der Waals surface area (Å²) in [5, 5.41) is 0. The van der Waals surface area contributed by atoms with Gasteiger partial charge in [-0.15, -0.1) is 13.2 Å². The molecule has 0 radical (unpaired) electrons. The minimum absolute atomic E-state index is 0.235. The normalized spacial score (nSPS) is 13.5. The Kier molecular flexibility index (Phi) is 4.82. The molecule has 6 heteroatoms. The molecule has 0 unspecified atom stereocenters. The number of ether oxygens (including phenoxy) is 1. The van der Waals surface area contributed by atoms with E-state index in [0.29, 0.717) is 16.5 Å². The van der Waals surface area contributed by atoms with E-state index in [2.05, 4.69) is 20.7 Å². The molecule has 0 aliphatic heterocycles. The summed E-state index contributed by atoms with van der Waals surface area (Å²) in [5.41, 5.74) is 6.19. The smallest absolute Gasteiger partial charge is 0.405 e. The molecule has 17 heavy (non-hydrogen) atoms. The number of hydrogen-bond acceptors (Lipinski definition) is 2. The van der Waals surface area contributed by atoms with Crippen LogP contribution < -0.4 is 10.5 Å². The summed E-state index contributed by atoms with van der Waals surface area (Å²) in [6, 6.07) is 3.85. The molecule has 0 aromatic heterocycles. The van der Waals surface area contributed by atoms with Crippen molar-refractivity contribution in [1.82, 2.24) is 0 Å². The molecule has 0 spiro atoms. The molecule has 0 saturated carbocycles. The van der Waals surface area contributed by atoms with Gasteiger partial charge in [-0.3, -0.25) is 0 Å². The van der Waals surface area contributed by atoms with Gasteiger partial charge in [0.15, 0.2) is 0 Å². The van der Waals surface area contributed by atoms with E-state index in [4.69, 9.17) is 5.73 Å². The molecular weight excluding hydrogens is 299 g/mol. The molecule has 2 nitrogen and oxygen atoms in total. The van der Waals surface area contributed by atoms with Crippen molar-refractivity contribution in [2.24, 2.45) is 5.73 Å². The first-order valence-corrected chi connectivity index (χ1v) is 5.93. The molecule has 0 fully saturated rings. The Balaban J connectivity index is 3.03. The summed E-state index contributed by atoms with van der Waals surface area (Å²) in [5.74, 6) is -0.235. The highest BCUT2D eigenvalue weighted by atomic mass is 79.9. The van der Waals surface area contributed by atoms with Gasteiger partial charge >= 0.3 is 6.36 Å². The minimum Gasteiger partial charge on any atom is -0.405 e. The molecule has 96 valence electrons. The van der Waals surface area contributed by atoms with Gasteiger partial charge in [-0.05, 0) is 24.6 Å². The van der Waals surface area contributed by atoms with Gasteiger partial charge in [-0.1, -0.05) is 29.3 Å². The van der Waals surface area contributed by atoms with Crippen LogP contribution in [0.5, 0.6) is 5.75 Å². The van der Waals surface area contributed by atoms with Crippen molar-refractivity contribution >= 4 is 15.9 Å².